The van der Waals surface area contributed by atoms with Gasteiger partial charge in [-0.3, -0.25) is 24.6 Å². The monoisotopic (exact) mass is 607 g/mol. The van der Waals surface area contributed by atoms with Gasteiger partial charge in [0.2, 0.25) is 0 Å². The Morgan fingerprint density at radius 3 is 2.38 bits per heavy atom. The molecule has 0 radical (unpaired) electrons. The fourth-order valence-electron chi connectivity index (χ4n) is 3.83. The maximum absolute atomic E-state index is 13.4. The molecule has 0 aromatic heterocycles. The molecule has 8 nitrogen and oxygen atoms in total. The molecule has 0 bridgehead atoms. The highest BCUT2D eigenvalue weighted by molar-refractivity contribution is 9.10. The molecule has 1 fully saturated rings. The van der Waals surface area contributed by atoms with Gasteiger partial charge in [-0.25, -0.2) is 0 Å². The average Bonchev–Trinajstić information content (AvgIpc) is 2.92. The Hall–Kier alpha value is -4.02. The van der Waals surface area contributed by atoms with Crippen molar-refractivity contribution < 1.29 is 23.9 Å². The van der Waals surface area contributed by atoms with E-state index < -0.39 is 11.8 Å². The summed E-state index contributed by atoms with van der Waals surface area (Å²) in [5, 5.41) is 5.36. The number of nitrogens with one attached hydrogen (secondary N) is 2. The van der Waals surface area contributed by atoms with Crippen LogP contribution in [0, 0.1) is 0 Å². The number of thiocarbonyl (C=S) groups is 1. The molecule has 3 aromatic rings. The SMILES string of the molecule is CCOc1cc(/C=C2\C(=O)NC(=S)N(c3ccc(CC)cc3)C2=O)c(Br)cc1OCC(=O)Nc1ccccc1. The zero-order valence-corrected chi connectivity index (χ0v) is 23.7. The minimum absolute atomic E-state index is 0.0120. The smallest absolute Gasteiger partial charge is 0.270 e. The second kappa shape index (κ2) is 12.7. The second-order valence-electron chi connectivity index (χ2n) is 8.43. The molecule has 3 amide bonds. The van der Waals surface area contributed by atoms with E-state index in [1.807, 2.05) is 44.2 Å². The standard InChI is InChI=1S/C29H26BrN3O5S/c1-3-18-10-12-21(13-11-18)33-28(36)22(27(35)32-29(33)39)14-19-15-24(37-4-2)25(16-23(19)30)38-17-26(34)31-20-8-6-5-7-9-20/h5-16H,3-4,17H2,1-2H3,(H,31,34)(H,32,35,39)/b22-14+. The first-order chi connectivity index (χ1) is 18.8. The number of rotatable bonds is 9. The molecule has 39 heavy (non-hydrogen) atoms. The zero-order chi connectivity index (χ0) is 27.9. The van der Waals surface area contributed by atoms with Crippen LogP contribution in [-0.4, -0.2) is 36.0 Å². The van der Waals surface area contributed by atoms with Crippen LogP contribution in [0.15, 0.2) is 76.8 Å². The van der Waals surface area contributed by atoms with Gasteiger partial charge in [0.05, 0.1) is 12.3 Å². The topological polar surface area (TPSA) is 97.0 Å². The van der Waals surface area contributed by atoms with Gasteiger partial charge in [-0.2, -0.15) is 0 Å². The van der Waals surface area contributed by atoms with Crippen molar-refractivity contribution in [3.63, 3.8) is 0 Å². The average molecular weight is 609 g/mol. The van der Waals surface area contributed by atoms with Crippen LogP contribution in [0.3, 0.4) is 0 Å². The molecule has 0 aliphatic carbocycles. The lowest BCUT2D eigenvalue weighted by Gasteiger charge is -2.29. The lowest BCUT2D eigenvalue weighted by Crippen LogP contribution is -2.54. The number of carbonyl (C=O) groups excluding carboxylic acids is 3. The molecular formula is C29H26BrN3O5S. The van der Waals surface area contributed by atoms with Gasteiger partial charge in [0.25, 0.3) is 17.7 Å². The molecule has 1 heterocycles. The van der Waals surface area contributed by atoms with E-state index in [1.54, 1.807) is 36.4 Å². The van der Waals surface area contributed by atoms with Gasteiger partial charge >= 0.3 is 0 Å². The van der Waals surface area contributed by atoms with Crippen molar-refractivity contribution in [3.8, 4) is 11.5 Å². The van der Waals surface area contributed by atoms with Crippen LogP contribution in [0.1, 0.15) is 25.0 Å². The molecule has 2 N–H and O–H groups in total. The van der Waals surface area contributed by atoms with Crippen LogP contribution in [0.25, 0.3) is 6.08 Å². The Balaban J connectivity index is 1.58. The molecule has 10 heteroatoms. The molecule has 3 aromatic carbocycles. The molecule has 0 saturated carbocycles. The molecule has 1 aliphatic rings. The van der Waals surface area contributed by atoms with Gasteiger partial charge in [0.15, 0.2) is 23.2 Å². The molecule has 1 aliphatic heterocycles. The van der Waals surface area contributed by atoms with Crippen molar-refractivity contribution >= 4 is 68.4 Å². The first kappa shape index (κ1) is 28.0. The Morgan fingerprint density at radius 2 is 1.72 bits per heavy atom. The highest BCUT2D eigenvalue weighted by Gasteiger charge is 2.34. The number of hydrogen-bond donors (Lipinski definition) is 2. The van der Waals surface area contributed by atoms with Crippen molar-refractivity contribution in [2.45, 2.75) is 20.3 Å². The quantitative estimate of drug-likeness (QED) is 0.196. The van der Waals surface area contributed by atoms with E-state index >= 15 is 0 Å². The van der Waals surface area contributed by atoms with Crippen LogP contribution in [0.4, 0.5) is 11.4 Å². The first-order valence-corrected chi connectivity index (χ1v) is 13.4. The van der Waals surface area contributed by atoms with E-state index in [4.69, 9.17) is 21.7 Å². The maximum Gasteiger partial charge on any atom is 0.270 e. The number of amides is 3. The molecular weight excluding hydrogens is 582 g/mol. The molecule has 200 valence electrons. The Labute approximate surface area is 240 Å². The van der Waals surface area contributed by atoms with Crippen molar-refractivity contribution in [1.29, 1.82) is 0 Å². The van der Waals surface area contributed by atoms with E-state index in [0.29, 0.717) is 39.5 Å². The van der Waals surface area contributed by atoms with Crippen LogP contribution >= 0.6 is 28.1 Å². The fraction of sp³-hybridized carbons (Fsp3) is 0.172. The molecule has 0 unspecified atom stereocenters. The summed E-state index contributed by atoms with van der Waals surface area (Å²) in [6, 6.07) is 19.7. The van der Waals surface area contributed by atoms with Crippen molar-refractivity contribution in [2.24, 2.45) is 0 Å². The van der Waals surface area contributed by atoms with Gasteiger partial charge < -0.3 is 14.8 Å². The number of para-hydroxylation sites is 1. The lowest BCUT2D eigenvalue weighted by atomic mass is 10.1. The van der Waals surface area contributed by atoms with E-state index in [-0.39, 0.29) is 23.2 Å². The number of benzene rings is 3. The maximum atomic E-state index is 13.4. The van der Waals surface area contributed by atoms with E-state index in [1.165, 1.54) is 11.0 Å². The number of nitrogens with zero attached hydrogens (tertiary/aromatic N) is 1. The second-order valence-corrected chi connectivity index (χ2v) is 9.68. The third-order valence-corrected chi connectivity index (χ3v) is 6.75. The number of hydrogen-bond acceptors (Lipinski definition) is 6. The number of carbonyl (C=O) groups is 3. The summed E-state index contributed by atoms with van der Waals surface area (Å²) in [4.78, 5) is 39.8. The Bertz CT molecular complexity index is 1440. The number of ether oxygens (including phenoxy) is 2. The van der Waals surface area contributed by atoms with Gasteiger partial charge in [-0.1, -0.05) is 53.2 Å². The third-order valence-electron chi connectivity index (χ3n) is 5.78. The summed E-state index contributed by atoms with van der Waals surface area (Å²) in [7, 11) is 0. The Kier molecular flexibility index (Phi) is 9.11. The first-order valence-electron chi connectivity index (χ1n) is 12.2. The number of anilines is 2. The highest BCUT2D eigenvalue weighted by Crippen LogP contribution is 2.35. The van der Waals surface area contributed by atoms with Gasteiger partial charge in [0.1, 0.15) is 5.57 Å². The summed E-state index contributed by atoms with van der Waals surface area (Å²) in [5.41, 5.74) is 2.74. The predicted octanol–water partition coefficient (Wildman–Crippen LogP) is 5.26. The van der Waals surface area contributed by atoms with Crippen LogP contribution in [0.2, 0.25) is 0 Å². The zero-order valence-electron chi connectivity index (χ0n) is 21.3. The summed E-state index contributed by atoms with van der Waals surface area (Å²) >= 11 is 8.78. The summed E-state index contributed by atoms with van der Waals surface area (Å²) in [6.45, 7) is 3.94. The van der Waals surface area contributed by atoms with Crippen molar-refractivity contribution in [2.75, 3.05) is 23.4 Å². The molecule has 0 spiro atoms. The van der Waals surface area contributed by atoms with E-state index in [0.717, 1.165) is 12.0 Å². The largest absolute Gasteiger partial charge is 0.490 e. The van der Waals surface area contributed by atoms with Gasteiger partial charge in [-0.15, -0.1) is 0 Å². The van der Waals surface area contributed by atoms with Crippen LogP contribution < -0.4 is 25.0 Å². The number of halogens is 1. The minimum atomic E-state index is -0.603. The van der Waals surface area contributed by atoms with Crippen molar-refractivity contribution in [1.82, 2.24) is 5.32 Å². The Morgan fingerprint density at radius 1 is 1.03 bits per heavy atom. The van der Waals surface area contributed by atoms with Gasteiger partial charge in [0, 0.05) is 10.2 Å². The molecule has 4 rings (SSSR count). The minimum Gasteiger partial charge on any atom is -0.490 e. The van der Waals surface area contributed by atoms with Gasteiger partial charge in [-0.05, 0) is 79.2 Å². The van der Waals surface area contributed by atoms with Crippen molar-refractivity contribution in [3.05, 3.63) is 87.9 Å². The molecule has 1 saturated heterocycles. The van der Waals surface area contributed by atoms with E-state index in [9.17, 15) is 14.4 Å². The van der Waals surface area contributed by atoms with Crippen LogP contribution in [0.5, 0.6) is 11.5 Å². The molecule has 0 atom stereocenters. The van der Waals surface area contributed by atoms with Crippen LogP contribution in [-0.2, 0) is 20.8 Å². The summed E-state index contributed by atoms with van der Waals surface area (Å²) in [5.74, 6) is -0.804. The summed E-state index contributed by atoms with van der Waals surface area (Å²) in [6.07, 6.45) is 2.32. The normalized spacial score (nSPS) is 14.3. The number of aryl methyl sites for hydroxylation is 1. The highest BCUT2D eigenvalue weighted by atomic mass is 79.9. The predicted molar refractivity (Wildman–Crippen MR) is 158 cm³/mol. The fourth-order valence-corrected chi connectivity index (χ4v) is 4.55. The lowest BCUT2D eigenvalue weighted by molar-refractivity contribution is -0.122. The summed E-state index contributed by atoms with van der Waals surface area (Å²) < 4.78 is 12.0. The third kappa shape index (κ3) is 6.71. The van der Waals surface area contributed by atoms with E-state index in [2.05, 4.69) is 26.6 Å².